The SMILES string of the molecule is Cc1ccsc1C(C)NCC(O)COCC(C)C. The Hall–Kier alpha value is -0.420. The fraction of sp³-hybridized carbons (Fsp3) is 0.714. The number of ether oxygens (including phenoxy) is 1. The monoisotopic (exact) mass is 271 g/mol. The standard InChI is InChI=1S/C14H25NO2S/c1-10(2)8-17-9-13(16)7-15-12(4)14-11(3)5-6-18-14/h5-6,10,12-13,15-16H,7-9H2,1-4H3. The Kier molecular flexibility index (Phi) is 6.86. The Morgan fingerprint density at radius 2 is 2.06 bits per heavy atom. The van der Waals surface area contributed by atoms with Gasteiger partial charge in [-0.3, -0.25) is 0 Å². The zero-order valence-corrected chi connectivity index (χ0v) is 12.6. The third-order valence-electron chi connectivity index (χ3n) is 2.72. The molecule has 1 aromatic heterocycles. The van der Waals surface area contributed by atoms with Crippen LogP contribution in [0, 0.1) is 12.8 Å². The normalized spacial score (nSPS) is 15.0. The highest BCUT2D eigenvalue weighted by atomic mass is 32.1. The molecule has 1 aromatic rings. The summed E-state index contributed by atoms with van der Waals surface area (Å²) < 4.78 is 5.42. The van der Waals surface area contributed by atoms with Crippen LogP contribution in [0.1, 0.15) is 37.3 Å². The molecule has 0 amide bonds. The van der Waals surface area contributed by atoms with E-state index < -0.39 is 6.10 Å². The predicted molar refractivity (Wildman–Crippen MR) is 77.1 cm³/mol. The van der Waals surface area contributed by atoms with Crippen LogP contribution in [0.4, 0.5) is 0 Å². The number of aliphatic hydroxyl groups is 1. The summed E-state index contributed by atoms with van der Waals surface area (Å²) in [5.74, 6) is 0.512. The fourth-order valence-electron chi connectivity index (χ4n) is 1.73. The summed E-state index contributed by atoms with van der Waals surface area (Å²) in [6.45, 7) is 10.1. The van der Waals surface area contributed by atoms with Crippen LogP contribution in [0.2, 0.25) is 0 Å². The first-order valence-electron chi connectivity index (χ1n) is 6.54. The Labute approximate surface area is 114 Å². The van der Waals surface area contributed by atoms with E-state index in [9.17, 15) is 5.11 Å². The number of hydrogen-bond acceptors (Lipinski definition) is 4. The molecule has 0 spiro atoms. The lowest BCUT2D eigenvalue weighted by Crippen LogP contribution is -2.32. The Balaban J connectivity index is 2.22. The van der Waals surface area contributed by atoms with Crippen molar-refractivity contribution in [1.82, 2.24) is 5.32 Å². The number of nitrogens with one attached hydrogen (secondary N) is 1. The molecule has 4 heteroatoms. The highest BCUT2D eigenvalue weighted by molar-refractivity contribution is 7.10. The van der Waals surface area contributed by atoms with Gasteiger partial charge in [0, 0.05) is 24.1 Å². The maximum atomic E-state index is 9.79. The number of thiophene rings is 1. The van der Waals surface area contributed by atoms with Gasteiger partial charge in [0.15, 0.2) is 0 Å². The Bertz CT molecular complexity index is 338. The summed E-state index contributed by atoms with van der Waals surface area (Å²) >= 11 is 1.76. The van der Waals surface area contributed by atoms with Gasteiger partial charge in [-0.05, 0) is 36.8 Å². The van der Waals surface area contributed by atoms with Crippen LogP contribution in [0.15, 0.2) is 11.4 Å². The minimum absolute atomic E-state index is 0.282. The van der Waals surface area contributed by atoms with Crippen molar-refractivity contribution >= 4 is 11.3 Å². The van der Waals surface area contributed by atoms with Gasteiger partial charge in [-0.25, -0.2) is 0 Å². The molecule has 0 aliphatic rings. The maximum Gasteiger partial charge on any atom is 0.0897 e. The molecule has 18 heavy (non-hydrogen) atoms. The molecule has 0 saturated carbocycles. The minimum atomic E-state index is -0.438. The zero-order valence-electron chi connectivity index (χ0n) is 11.8. The molecule has 0 radical (unpaired) electrons. The molecule has 2 unspecified atom stereocenters. The van der Waals surface area contributed by atoms with Gasteiger partial charge in [0.1, 0.15) is 0 Å². The summed E-state index contributed by atoms with van der Waals surface area (Å²) in [6.07, 6.45) is -0.438. The van der Waals surface area contributed by atoms with E-state index in [0.717, 1.165) is 0 Å². The molecule has 1 heterocycles. The van der Waals surface area contributed by atoms with E-state index in [0.29, 0.717) is 25.7 Å². The number of aryl methyl sites for hydroxylation is 1. The fourth-order valence-corrected chi connectivity index (χ4v) is 2.69. The molecule has 0 bridgehead atoms. The number of rotatable bonds is 8. The van der Waals surface area contributed by atoms with Crippen molar-refractivity contribution in [3.63, 3.8) is 0 Å². The number of hydrogen-bond donors (Lipinski definition) is 2. The summed E-state index contributed by atoms with van der Waals surface area (Å²) in [4.78, 5) is 1.34. The summed E-state index contributed by atoms with van der Waals surface area (Å²) in [6, 6.07) is 2.41. The van der Waals surface area contributed by atoms with E-state index >= 15 is 0 Å². The van der Waals surface area contributed by atoms with Gasteiger partial charge in [-0.2, -0.15) is 0 Å². The zero-order chi connectivity index (χ0) is 13.5. The summed E-state index contributed by atoms with van der Waals surface area (Å²) in [7, 11) is 0. The lowest BCUT2D eigenvalue weighted by atomic mass is 10.2. The van der Waals surface area contributed by atoms with Crippen LogP contribution in [-0.4, -0.2) is 31.0 Å². The van der Waals surface area contributed by atoms with E-state index in [4.69, 9.17) is 4.74 Å². The van der Waals surface area contributed by atoms with Gasteiger partial charge >= 0.3 is 0 Å². The van der Waals surface area contributed by atoms with Gasteiger partial charge in [-0.1, -0.05) is 13.8 Å². The highest BCUT2D eigenvalue weighted by Crippen LogP contribution is 2.23. The predicted octanol–water partition coefficient (Wildman–Crippen LogP) is 2.74. The molecule has 0 fully saturated rings. The molecule has 0 aromatic carbocycles. The molecular formula is C14H25NO2S. The molecule has 1 rings (SSSR count). The van der Waals surface area contributed by atoms with Crippen LogP contribution >= 0.6 is 11.3 Å². The molecule has 0 aliphatic heterocycles. The molecule has 104 valence electrons. The molecule has 2 N–H and O–H groups in total. The molecule has 0 saturated heterocycles. The minimum Gasteiger partial charge on any atom is -0.389 e. The largest absolute Gasteiger partial charge is 0.389 e. The lowest BCUT2D eigenvalue weighted by molar-refractivity contribution is 0.0252. The van der Waals surface area contributed by atoms with E-state index in [1.807, 2.05) is 0 Å². The van der Waals surface area contributed by atoms with Gasteiger partial charge in [0.05, 0.1) is 12.7 Å². The topological polar surface area (TPSA) is 41.5 Å². The van der Waals surface area contributed by atoms with Crippen LogP contribution in [-0.2, 0) is 4.74 Å². The average molecular weight is 271 g/mol. The van der Waals surface area contributed by atoms with Gasteiger partial charge in [0.25, 0.3) is 0 Å². The van der Waals surface area contributed by atoms with Crippen molar-refractivity contribution in [1.29, 1.82) is 0 Å². The summed E-state index contributed by atoms with van der Waals surface area (Å²) in [5, 5.41) is 15.2. The molecule has 2 atom stereocenters. The average Bonchev–Trinajstić information content (AvgIpc) is 2.72. The van der Waals surface area contributed by atoms with Crippen LogP contribution < -0.4 is 5.32 Å². The lowest BCUT2D eigenvalue weighted by Gasteiger charge is -2.17. The second-order valence-corrected chi connectivity index (χ2v) is 6.13. The van der Waals surface area contributed by atoms with Gasteiger partial charge in [0.2, 0.25) is 0 Å². The van der Waals surface area contributed by atoms with Crippen LogP contribution in [0.3, 0.4) is 0 Å². The van der Waals surface area contributed by atoms with Crippen LogP contribution in [0.25, 0.3) is 0 Å². The first-order valence-corrected chi connectivity index (χ1v) is 7.41. The molecule has 3 nitrogen and oxygen atoms in total. The van der Waals surface area contributed by atoms with Crippen molar-refractivity contribution < 1.29 is 9.84 Å². The third-order valence-corrected chi connectivity index (χ3v) is 3.92. The molecule has 0 aliphatic carbocycles. The first-order chi connectivity index (χ1) is 8.50. The van der Waals surface area contributed by atoms with E-state index in [1.165, 1.54) is 10.4 Å². The second kappa shape index (κ2) is 7.89. The molecular weight excluding hydrogens is 246 g/mol. The maximum absolute atomic E-state index is 9.79. The Morgan fingerprint density at radius 1 is 1.33 bits per heavy atom. The van der Waals surface area contributed by atoms with Crippen LogP contribution in [0.5, 0.6) is 0 Å². The van der Waals surface area contributed by atoms with Gasteiger partial charge < -0.3 is 15.2 Å². The third kappa shape index (κ3) is 5.48. The van der Waals surface area contributed by atoms with Crippen molar-refractivity contribution in [2.24, 2.45) is 5.92 Å². The van der Waals surface area contributed by atoms with Crippen molar-refractivity contribution in [2.75, 3.05) is 19.8 Å². The summed E-state index contributed by atoms with van der Waals surface area (Å²) in [5.41, 5.74) is 1.31. The van der Waals surface area contributed by atoms with E-state index in [-0.39, 0.29) is 6.04 Å². The first kappa shape index (κ1) is 15.6. The second-order valence-electron chi connectivity index (χ2n) is 5.18. The van der Waals surface area contributed by atoms with Crippen molar-refractivity contribution in [3.05, 3.63) is 21.9 Å². The van der Waals surface area contributed by atoms with Crippen molar-refractivity contribution in [2.45, 2.75) is 39.8 Å². The van der Waals surface area contributed by atoms with E-state index in [2.05, 4.69) is 44.5 Å². The Morgan fingerprint density at radius 3 is 2.61 bits per heavy atom. The van der Waals surface area contributed by atoms with Crippen molar-refractivity contribution in [3.8, 4) is 0 Å². The quantitative estimate of drug-likeness (QED) is 0.764. The highest BCUT2D eigenvalue weighted by Gasteiger charge is 2.11. The van der Waals surface area contributed by atoms with Gasteiger partial charge in [-0.15, -0.1) is 11.3 Å². The smallest absolute Gasteiger partial charge is 0.0897 e. The number of aliphatic hydroxyl groups excluding tert-OH is 1. The van der Waals surface area contributed by atoms with E-state index in [1.54, 1.807) is 11.3 Å².